The summed E-state index contributed by atoms with van der Waals surface area (Å²) >= 11 is 0. The van der Waals surface area contributed by atoms with Gasteiger partial charge in [0.1, 0.15) is 11.5 Å². The largest absolute Gasteiger partial charge is 0.493 e. The van der Waals surface area contributed by atoms with Crippen molar-refractivity contribution in [3.8, 4) is 11.5 Å². The van der Waals surface area contributed by atoms with Crippen molar-refractivity contribution in [1.82, 2.24) is 0 Å². The quantitative estimate of drug-likeness (QED) is 0.692. The van der Waals surface area contributed by atoms with Crippen LogP contribution in [0.25, 0.3) is 0 Å². The van der Waals surface area contributed by atoms with Gasteiger partial charge in [-0.1, -0.05) is 24.3 Å². The lowest BCUT2D eigenvalue weighted by atomic mass is 10.3. The average Bonchev–Trinajstić information content (AvgIpc) is 2.55. The number of hydrogen-bond acceptors (Lipinski definition) is 3. The zero-order valence-electron chi connectivity index (χ0n) is 13.4. The molecule has 22 heavy (non-hydrogen) atoms. The highest BCUT2D eigenvalue weighted by atomic mass is 31.1. The summed E-state index contributed by atoms with van der Waals surface area (Å²) in [5.74, 6) is 1.77. The Morgan fingerprint density at radius 1 is 0.682 bits per heavy atom. The maximum atomic E-state index is 6.09. The first-order chi connectivity index (χ1) is 10.8. The molecule has 2 aromatic carbocycles. The molecule has 0 atom stereocenters. The molecule has 0 aromatic heterocycles. The van der Waals surface area contributed by atoms with Crippen LogP contribution in [0, 0.1) is 0 Å². The van der Waals surface area contributed by atoms with Gasteiger partial charge in [0, 0.05) is 17.2 Å². The molecule has 0 saturated heterocycles. The van der Waals surface area contributed by atoms with Gasteiger partial charge >= 0.3 is 0 Å². The van der Waals surface area contributed by atoms with Crippen LogP contribution in [0.3, 0.4) is 0 Å². The van der Waals surface area contributed by atoms with Crippen molar-refractivity contribution >= 4 is 18.8 Å². The molecule has 0 unspecified atom stereocenters. The van der Waals surface area contributed by atoms with Crippen LogP contribution >= 0.6 is 8.15 Å². The fourth-order valence-electron chi connectivity index (χ4n) is 2.20. The molecule has 0 aliphatic heterocycles. The maximum Gasteiger partial charge on any atom is 0.129 e. The summed E-state index contributed by atoms with van der Waals surface area (Å²) in [6.45, 7) is 7.93. The Balaban J connectivity index is 2.47. The number of ether oxygens (including phenoxy) is 2. The van der Waals surface area contributed by atoms with Crippen molar-refractivity contribution in [2.24, 2.45) is 0 Å². The van der Waals surface area contributed by atoms with Crippen LogP contribution in [0.4, 0.5) is 0 Å². The van der Waals surface area contributed by atoms with E-state index in [0.29, 0.717) is 19.8 Å². The number of rotatable bonds is 8. The monoisotopic (exact) mass is 318 g/mol. The fourth-order valence-corrected chi connectivity index (χ4v) is 4.12. The lowest BCUT2D eigenvalue weighted by Crippen LogP contribution is -2.18. The van der Waals surface area contributed by atoms with Crippen LogP contribution in [0.2, 0.25) is 0 Å². The Bertz CT molecular complexity index is 537. The number of benzene rings is 2. The number of hydrogen-bond donors (Lipinski definition) is 0. The van der Waals surface area contributed by atoms with Gasteiger partial charge in [0.05, 0.1) is 21.4 Å². The Morgan fingerprint density at radius 2 is 1.14 bits per heavy atom. The van der Waals surface area contributed by atoms with Crippen molar-refractivity contribution in [2.75, 3.05) is 19.8 Å². The summed E-state index contributed by atoms with van der Waals surface area (Å²) in [6.07, 6.45) is 0. The van der Waals surface area contributed by atoms with E-state index < -0.39 is 8.15 Å². The Labute approximate surface area is 134 Å². The molecule has 118 valence electrons. The van der Waals surface area contributed by atoms with E-state index in [9.17, 15) is 0 Å². The van der Waals surface area contributed by atoms with Gasteiger partial charge in [-0.2, -0.15) is 0 Å². The lowest BCUT2D eigenvalue weighted by molar-refractivity contribution is 0.339. The molecule has 0 radical (unpaired) electrons. The third kappa shape index (κ3) is 4.00. The molecule has 0 aliphatic carbocycles. The van der Waals surface area contributed by atoms with E-state index in [1.807, 2.05) is 57.2 Å². The molecule has 2 aromatic rings. The first-order valence-corrected chi connectivity index (χ1v) is 8.94. The minimum Gasteiger partial charge on any atom is -0.493 e. The second-order valence-electron chi connectivity index (χ2n) is 4.51. The molecule has 0 spiro atoms. The molecule has 0 aliphatic rings. The zero-order valence-corrected chi connectivity index (χ0v) is 14.3. The summed E-state index contributed by atoms with van der Waals surface area (Å²) in [5, 5.41) is 2.18. The van der Waals surface area contributed by atoms with Gasteiger partial charge in [-0.3, -0.25) is 0 Å². The molecule has 0 heterocycles. The molecule has 2 rings (SSSR count). The first kappa shape index (κ1) is 16.8. The highest BCUT2D eigenvalue weighted by Gasteiger charge is 2.22. The van der Waals surface area contributed by atoms with E-state index in [0.717, 1.165) is 22.1 Å². The molecular weight excluding hydrogens is 295 g/mol. The molecule has 0 N–H and O–H groups in total. The summed E-state index contributed by atoms with van der Waals surface area (Å²) in [7, 11) is -0.966. The minimum atomic E-state index is -0.966. The Kier molecular flexibility index (Phi) is 6.70. The van der Waals surface area contributed by atoms with E-state index in [2.05, 4.69) is 12.1 Å². The van der Waals surface area contributed by atoms with Crippen molar-refractivity contribution < 1.29 is 14.0 Å². The predicted octanol–water partition coefficient (Wildman–Crippen LogP) is 3.87. The normalized spacial score (nSPS) is 10.7. The summed E-state index contributed by atoms with van der Waals surface area (Å²) in [6, 6.07) is 16.2. The van der Waals surface area contributed by atoms with Crippen molar-refractivity contribution in [3.05, 3.63) is 48.5 Å². The highest BCUT2D eigenvalue weighted by molar-refractivity contribution is 7.69. The van der Waals surface area contributed by atoms with Crippen LogP contribution in [0.1, 0.15) is 20.8 Å². The van der Waals surface area contributed by atoms with Crippen molar-refractivity contribution in [1.29, 1.82) is 0 Å². The fraction of sp³-hybridized carbons (Fsp3) is 0.333. The van der Waals surface area contributed by atoms with Gasteiger partial charge in [-0.15, -0.1) is 0 Å². The van der Waals surface area contributed by atoms with Gasteiger partial charge in [-0.05, 0) is 45.0 Å². The van der Waals surface area contributed by atoms with E-state index in [-0.39, 0.29) is 0 Å². The third-order valence-corrected chi connectivity index (χ3v) is 5.16. The van der Waals surface area contributed by atoms with E-state index in [1.165, 1.54) is 0 Å². The summed E-state index contributed by atoms with van der Waals surface area (Å²) in [5.41, 5.74) is 0. The Morgan fingerprint density at radius 3 is 1.55 bits per heavy atom. The maximum absolute atomic E-state index is 6.09. The van der Waals surface area contributed by atoms with Gasteiger partial charge in [-0.25, -0.2) is 0 Å². The van der Waals surface area contributed by atoms with E-state index in [4.69, 9.17) is 14.0 Å². The summed E-state index contributed by atoms with van der Waals surface area (Å²) < 4.78 is 17.7. The van der Waals surface area contributed by atoms with E-state index in [1.54, 1.807) is 0 Å². The van der Waals surface area contributed by atoms with E-state index >= 15 is 0 Å². The summed E-state index contributed by atoms with van der Waals surface area (Å²) in [4.78, 5) is 0. The van der Waals surface area contributed by atoms with Gasteiger partial charge < -0.3 is 14.0 Å². The molecule has 0 fully saturated rings. The average molecular weight is 318 g/mol. The Hall–Kier alpha value is -1.57. The first-order valence-electron chi connectivity index (χ1n) is 7.68. The van der Waals surface area contributed by atoms with Gasteiger partial charge in [0.15, 0.2) is 0 Å². The molecule has 4 heteroatoms. The second kappa shape index (κ2) is 8.77. The standard InChI is InChI=1S/C18H23O3P/c1-4-19-15-11-7-9-13-17(15)22(21-6-3)18-14-10-8-12-16(18)20-5-2/h7-14H,4-6H2,1-3H3. The second-order valence-corrected chi connectivity index (χ2v) is 6.32. The molecule has 0 amide bonds. The third-order valence-electron chi connectivity index (χ3n) is 3.03. The number of para-hydroxylation sites is 2. The SMILES string of the molecule is CCOc1ccccc1P(OCC)c1ccccc1OCC. The van der Waals surface area contributed by atoms with Crippen molar-refractivity contribution in [2.45, 2.75) is 20.8 Å². The predicted molar refractivity (Wildman–Crippen MR) is 93.0 cm³/mol. The van der Waals surface area contributed by atoms with Crippen LogP contribution in [0.15, 0.2) is 48.5 Å². The minimum absolute atomic E-state index is 0.638. The highest BCUT2D eigenvalue weighted by Crippen LogP contribution is 2.41. The van der Waals surface area contributed by atoms with Crippen LogP contribution < -0.4 is 20.1 Å². The van der Waals surface area contributed by atoms with Gasteiger partial charge in [0.25, 0.3) is 0 Å². The van der Waals surface area contributed by atoms with Crippen LogP contribution in [0.5, 0.6) is 11.5 Å². The zero-order chi connectivity index (χ0) is 15.8. The molecule has 0 saturated carbocycles. The molecule has 0 bridgehead atoms. The molecule has 3 nitrogen and oxygen atoms in total. The van der Waals surface area contributed by atoms with Crippen molar-refractivity contribution in [3.63, 3.8) is 0 Å². The van der Waals surface area contributed by atoms with Crippen LogP contribution in [-0.2, 0) is 4.52 Å². The lowest BCUT2D eigenvalue weighted by Gasteiger charge is -2.22. The van der Waals surface area contributed by atoms with Crippen LogP contribution in [-0.4, -0.2) is 19.8 Å². The molecular formula is C18H23O3P. The smallest absolute Gasteiger partial charge is 0.129 e. The van der Waals surface area contributed by atoms with Gasteiger partial charge in [0.2, 0.25) is 0 Å². The topological polar surface area (TPSA) is 27.7 Å².